The molecule has 1 aromatic carbocycles. The van der Waals surface area contributed by atoms with Gasteiger partial charge < -0.3 is 19.2 Å². The van der Waals surface area contributed by atoms with E-state index in [9.17, 15) is 4.79 Å². The van der Waals surface area contributed by atoms with Gasteiger partial charge in [0.1, 0.15) is 0 Å². The van der Waals surface area contributed by atoms with E-state index in [1.54, 1.807) is 0 Å². The molecule has 3 rings (SSSR count). The highest BCUT2D eigenvalue weighted by Gasteiger charge is 2.14. The summed E-state index contributed by atoms with van der Waals surface area (Å²) in [6.45, 7) is 0.758. The van der Waals surface area contributed by atoms with Crippen LogP contribution in [0.3, 0.4) is 0 Å². The Labute approximate surface area is 120 Å². The highest BCUT2D eigenvalue weighted by molar-refractivity contribution is 6.32. The third-order valence-corrected chi connectivity index (χ3v) is 3.29. The molecule has 0 bridgehead atoms. The quantitative estimate of drug-likeness (QED) is 0.941. The summed E-state index contributed by atoms with van der Waals surface area (Å²) in [5.74, 6) is 1.25. The highest BCUT2D eigenvalue weighted by Crippen LogP contribution is 2.32. The molecular formula is C14H12ClNO4. The number of fused-ring (bicyclic) bond motifs is 1. The van der Waals surface area contributed by atoms with Crippen LogP contribution in [0.2, 0.25) is 5.22 Å². The number of hydrogen-bond acceptors (Lipinski definition) is 4. The molecule has 0 radical (unpaired) electrons. The van der Waals surface area contributed by atoms with E-state index in [-0.39, 0.29) is 17.9 Å². The fourth-order valence-electron chi connectivity index (χ4n) is 1.97. The van der Waals surface area contributed by atoms with E-state index in [0.29, 0.717) is 18.5 Å². The Morgan fingerprint density at radius 2 is 2.10 bits per heavy atom. The minimum atomic E-state index is -0.246. The van der Waals surface area contributed by atoms with Gasteiger partial charge >= 0.3 is 0 Å². The summed E-state index contributed by atoms with van der Waals surface area (Å²) in [5, 5.41) is 2.89. The molecule has 1 aromatic heterocycles. The fraction of sp³-hybridized carbons (Fsp3) is 0.214. The van der Waals surface area contributed by atoms with Crippen LogP contribution in [0.15, 0.2) is 34.9 Å². The minimum absolute atomic E-state index is 0.102. The van der Waals surface area contributed by atoms with Crippen molar-refractivity contribution in [2.75, 3.05) is 13.3 Å². The summed E-state index contributed by atoms with van der Waals surface area (Å²) in [7, 11) is 0. The van der Waals surface area contributed by atoms with E-state index in [0.717, 1.165) is 17.1 Å². The van der Waals surface area contributed by atoms with Crippen molar-refractivity contribution in [2.24, 2.45) is 0 Å². The summed E-state index contributed by atoms with van der Waals surface area (Å²) in [6, 6.07) is 7.27. The zero-order valence-corrected chi connectivity index (χ0v) is 11.3. The van der Waals surface area contributed by atoms with Gasteiger partial charge in [0.2, 0.25) is 12.0 Å². The molecule has 1 N–H and O–H groups in total. The molecule has 0 saturated heterocycles. The van der Waals surface area contributed by atoms with Crippen molar-refractivity contribution in [3.63, 3.8) is 0 Å². The number of carbonyl (C=O) groups excluding carboxylic acids is 1. The lowest BCUT2D eigenvalue weighted by molar-refractivity contribution is 0.0953. The topological polar surface area (TPSA) is 60.7 Å². The van der Waals surface area contributed by atoms with Crippen molar-refractivity contribution in [1.29, 1.82) is 0 Å². The lowest BCUT2D eigenvalue weighted by atomic mass is 10.1. The van der Waals surface area contributed by atoms with Crippen molar-refractivity contribution in [1.82, 2.24) is 5.32 Å². The maximum atomic E-state index is 11.8. The van der Waals surface area contributed by atoms with Crippen molar-refractivity contribution < 1.29 is 18.7 Å². The Bertz CT molecular complexity index is 638. The summed E-state index contributed by atoms with van der Waals surface area (Å²) in [6.07, 6.45) is 2.08. The Kier molecular flexibility index (Phi) is 3.52. The van der Waals surface area contributed by atoms with Gasteiger partial charge in [-0.3, -0.25) is 4.79 Å². The summed E-state index contributed by atoms with van der Waals surface area (Å²) >= 11 is 5.74. The van der Waals surface area contributed by atoms with Crippen LogP contribution in [0.4, 0.5) is 0 Å². The summed E-state index contributed by atoms with van der Waals surface area (Å²) < 4.78 is 15.4. The molecule has 2 aromatic rings. The van der Waals surface area contributed by atoms with Gasteiger partial charge in [0, 0.05) is 6.54 Å². The average molecular weight is 294 g/mol. The average Bonchev–Trinajstić information content (AvgIpc) is 3.06. The molecule has 2 heterocycles. The predicted molar refractivity (Wildman–Crippen MR) is 72.3 cm³/mol. The molecule has 20 heavy (non-hydrogen) atoms. The van der Waals surface area contributed by atoms with Crippen LogP contribution >= 0.6 is 11.6 Å². The molecule has 5 nitrogen and oxygen atoms in total. The maximum absolute atomic E-state index is 11.8. The Morgan fingerprint density at radius 3 is 2.90 bits per heavy atom. The smallest absolute Gasteiger partial charge is 0.256 e. The Hall–Kier alpha value is -2.14. The molecule has 1 aliphatic heterocycles. The highest BCUT2D eigenvalue weighted by atomic mass is 35.5. The van der Waals surface area contributed by atoms with Gasteiger partial charge in [-0.1, -0.05) is 6.07 Å². The van der Waals surface area contributed by atoms with E-state index < -0.39 is 0 Å². The van der Waals surface area contributed by atoms with Gasteiger partial charge in [-0.05, 0) is 41.8 Å². The van der Waals surface area contributed by atoms with Gasteiger partial charge in [0.15, 0.2) is 11.5 Å². The molecule has 0 saturated carbocycles. The summed E-state index contributed by atoms with van der Waals surface area (Å²) in [5.41, 5.74) is 1.41. The Morgan fingerprint density at radius 1 is 1.25 bits per heavy atom. The number of furan rings is 1. The second kappa shape index (κ2) is 5.46. The fourth-order valence-corrected chi connectivity index (χ4v) is 2.17. The lowest BCUT2D eigenvalue weighted by Crippen LogP contribution is -2.25. The van der Waals surface area contributed by atoms with Gasteiger partial charge in [0.05, 0.1) is 11.8 Å². The Balaban J connectivity index is 1.55. The number of nitrogens with one attached hydrogen (secondary N) is 1. The van der Waals surface area contributed by atoms with E-state index in [1.807, 2.05) is 18.2 Å². The summed E-state index contributed by atoms with van der Waals surface area (Å²) in [4.78, 5) is 11.8. The van der Waals surface area contributed by atoms with Crippen molar-refractivity contribution in [3.8, 4) is 11.5 Å². The number of amides is 1. The second-order valence-electron chi connectivity index (χ2n) is 4.30. The zero-order valence-electron chi connectivity index (χ0n) is 10.5. The number of hydrogen-bond donors (Lipinski definition) is 1. The third-order valence-electron chi connectivity index (χ3n) is 3.00. The molecule has 0 atom stereocenters. The van der Waals surface area contributed by atoms with Gasteiger partial charge in [-0.15, -0.1) is 0 Å². The first-order valence-electron chi connectivity index (χ1n) is 6.14. The van der Waals surface area contributed by atoms with Crippen LogP contribution in [-0.2, 0) is 6.42 Å². The molecule has 0 aliphatic carbocycles. The first-order chi connectivity index (χ1) is 9.74. The number of carbonyl (C=O) groups is 1. The standard InChI is InChI=1S/C14H12ClNO4/c15-13-10(4-6-18-13)14(17)16-5-3-9-1-2-11-12(7-9)20-8-19-11/h1-2,4,6-7H,3,5,8H2,(H,16,17). The van der Waals surface area contributed by atoms with Crippen LogP contribution in [0.1, 0.15) is 15.9 Å². The van der Waals surface area contributed by atoms with E-state index in [1.165, 1.54) is 12.3 Å². The first-order valence-corrected chi connectivity index (χ1v) is 6.51. The normalized spacial score (nSPS) is 12.4. The largest absolute Gasteiger partial charge is 0.454 e. The zero-order chi connectivity index (χ0) is 13.9. The van der Waals surface area contributed by atoms with Gasteiger partial charge in [-0.2, -0.15) is 0 Å². The monoisotopic (exact) mass is 293 g/mol. The molecule has 6 heteroatoms. The van der Waals surface area contributed by atoms with Gasteiger partial charge in [0.25, 0.3) is 5.91 Å². The molecular weight excluding hydrogens is 282 g/mol. The number of ether oxygens (including phenoxy) is 2. The van der Waals surface area contributed by atoms with Crippen LogP contribution < -0.4 is 14.8 Å². The van der Waals surface area contributed by atoms with E-state index in [4.69, 9.17) is 25.5 Å². The first kappa shape index (κ1) is 12.9. The van der Waals surface area contributed by atoms with Crippen LogP contribution in [0.25, 0.3) is 0 Å². The maximum Gasteiger partial charge on any atom is 0.256 e. The molecule has 0 spiro atoms. The van der Waals surface area contributed by atoms with Gasteiger partial charge in [-0.25, -0.2) is 0 Å². The van der Waals surface area contributed by atoms with Crippen molar-refractivity contribution in [2.45, 2.75) is 6.42 Å². The molecule has 0 unspecified atom stereocenters. The third kappa shape index (κ3) is 2.58. The molecule has 0 fully saturated rings. The number of halogens is 1. The minimum Gasteiger partial charge on any atom is -0.454 e. The van der Waals surface area contributed by atoms with Crippen LogP contribution in [0.5, 0.6) is 11.5 Å². The number of benzene rings is 1. The van der Waals surface area contributed by atoms with Crippen molar-refractivity contribution >= 4 is 17.5 Å². The van der Waals surface area contributed by atoms with E-state index >= 15 is 0 Å². The number of rotatable bonds is 4. The molecule has 1 amide bonds. The second-order valence-corrected chi connectivity index (χ2v) is 4.64. The van der Waals surface area contributed by atoms with Crippen LogP contribution in [0, 0.1) is 0 Å². The lowest BCUT2D eigenvalue weighted by Gasteiger charge is -2.05. The van der Waals surface area contributed by atoms with Crippen LogP contribution in [-0.4, -0.2) is 19.2 Å². The molecule has 104 valence electrons. The SMILES string of the molecule is O=C(NCCc1ccc2c(c1)OCO2)c1ccoc1Cl. The predicted octanol–water partition coefficient (Wildman–Crippen LogP) is 2.63. The van der Waals surface area contributed by atoms with Crippen molar-refractivity contribution in [3.05, 3.63) is 46.9 Å². The van der Waals surface area contributed by atoms with E-state index in [2.05, 4.69) is 5.32 Å². The molecule has 1 aliphatic rings.